The van der Waals surface area contributed by atoms with Crippen LogP contribution in [0.3, 0.4) is 0 Å². The third kappa shape index (κ3) is 5.45. The highest BCUT2D eigenvalue weighted by Crippen LogP contribution is 2.38. The van der Waals surface area contributed by atoms with Crippen LogP contribution in [-0.2, 0) is 4.74 Å². The van der Waals surface area contributed by atoms with Crippen LogP contribution in [0.4, 0.5) is 13.2 Å². The van der Waals surface area contributed by atoms with Gasteiger partial charge in [0.15, 0.2) is 0 Å². The maximum Gasteiger partial charge on any atom is 0.411 e. The van der Waals surface area contributed by atoms with Gasteiger partial charge in [0.25, 0.3) is 0 Å². The van der Waals surface area contributed by atoms with E-state index >= 15 is 0 Å². The van der Waals surface area contributed by atoms with Crippen LogP contribution in [0.15, 0.2) is 0 Å². The molecule has 2 saturated heterocycles. The van der Waals surface area contributed by atoms with Gasteiger partial charge >= 0.3 is 6.18 Å². The molecule has 0 radical (unpaired) electrons. The van der Waals surface area contributed by atoms with Gasteiger partial charge in [-0.15, -0.1) is 12.4 Å². The lowest BCUT2D eigenvalue weighted by atomic mass is 9.78. The maximum atomic E-state index is 11.9. The van der Waals surface area contributed by atoms with E-state index in [1.165, 1.54) is 19.3 Å². The Morgan fingerprint density at radius 3 is 2.47 bits per heavy atom. The first-order valence-corrected chi connectivity index (χ1v) is 6.57. The molecule has 2 aliphatic heterocycles. The Morgan fingerprint density at radius 1 is 1.16 bits per heavy atom. The van der Waals surface area contributed by atoms with Gasteiger partial charge in [-0.2, -0.15) is 13.2 Å². The molecule has 0 amide bonds. The maximum absolute atomic E-state index is 11.9. The van der Waals surface area contributed by atoms with E-state index in [-0.39, 0.29) is 19.0 Å². The molecule has 0 aliphatic carbocycles. The van der Waals surface area contributed by atoms with E-state index in [0.29, 0.717) is 12.0 Å². The van der Waals surface area contributed by atoms with Gasteiger partial charge in [-0.1, -0.05) is 0 Å². The Morgan fingerprint density at radius 2 is 1.84 bits per heavy atom. The van der Waals surface area contributed by atoms with Crippen LogP contribution in [0, 0.1) is 5.41 Å². The van der Waals surface area contributed by atoms with Crippen molar-refractivity contribution < 1.29 is 17.9 Å². The fourth-order valence-electron chi connectivity index (χ4n) is 2.97. The van der Waals surface area contributed by atoms with Gasteiger partial charge in [-0.25, -0.2) is 0 Å². The Labute approximate surface area is 118 Å². The standard InChI is InChI=1S/C12H21F3N2O.ClH/c13-12(14,15)10-18-8-7-17-6-3-11(9-17)1-4-16-5-2-11;/h16H,1-10H2;1H. The molecule has 0 saturated carbocycles. The highest BCUT2D eigenvalue weighted by molar-refractivity contribution is 5.85. The number of halogens is 4. The van der Waals surface area contributed by atoms with E-state index in [1.54, 1.807) is 0 Å². The quantitative estimate of drug-likeness (QED) is 0.805. The highest BCUT2D eigenvalue weighted by Gasteiger charge is 2.38. The number of piperidine rings is 1. The van der Waals surface area contributed by atoms with Crippen LogP contribution in [0.2, 0.25) is 0 Å². The first-order valence-electron chi connectivity index (χ1n) is 6.57. The minimum atomic E-state index is -4.21. The Balaban J connectivity index is 0.00000180. The van der Waals surface area contributed by atoms with Crippen LogP contribution in [-0.4, -0.2) is 57.0 Å². The van der Waals surface area contributed by atoms with Crippen molar-refractivity contribution in [2.45, 2.75) is 25.4 Å². The molecule has 0 aromatic rings. The predicted octanol–water partition coefficient (Wildman–Crippen LogP) is 2.06. The molecule has 0 aromatic carbocycles. The van der Waals surface area contributed by atoms with Crippen molar-refractivity contribution >= 4 is 12.4 Å². The lowest BCUT2D eigenvalue weighted by Crippen LogP contribution is -2.39. The van der Waals surface area contributed by atoms with E-state index in [2.05, 4.69) is 15.0 Å². The van der Waals surface area contributed by atoms with E-state index in [1.807, 2.05) is 0 Å². The molecule has 1 spiro atoms. The van der Waals surface area contributed by atoms with Crippen LogP contribution < -0.4 is 5.32 Å². The number of hydrogen-bond acceptors (Lipinski definition) is 3. The van der Waals surface area contributed by atoms with Gasteiger partial charge in [0.05, 0.1) is 6.61 Å². The monoisotopic (exact) mass is 302 g/mol. The molecule has 2 heterocycles. The summed E-state index contributed by atoms with van der Waals surface area (Å²) < 4.78 is 40.3. The average Bonchev–Trinajstić information content (AvgIpc) is 2.68. The molecule has 1 N–H and O–H groups in total. The third-order valence-electron chi connectivity index (χ3n) is 4.00. The molecular weight excluding hydrogens is 281 g/mol. The van der Waals surface area contributed by atoms with Gasteiger partial charge in [0.2, 0.25) is 0 Å². The zero-order chi connectivity index (χ0) is 13.1. The fourth-order valence-corrected chi connectivity index (χ4v) is 2.97. The molecule has 2 rings (SSSR count). The summed E-state index contributed by atoms with van der Waals surface area (Å²) in [6.07, 6.45) is -0.658. The number of nitrogens with zero attached hydrogens (tertiary/aromatic N) is 1. The average molecular weight is 303 g/mol. The number of hydrogen-bond donors (Lipinski definition) is 1. The molecule has 19 heavy (non-hydrogen) atoms. The summed E-state index contributed by atoms with van der Waals surface area (Å²) >= 11 is 0. The van der Waals surface area contributed by atoms with Crippen molar-refractivity contribution in [1.29, 1.82) is 0 Å². The zero-order valence-electron chi connectivity index (χ0n) is 11.0. The first-order chi connectivity index (χ1) is 8.49. The minimum absolute atomic E-state index is 0. The second-order valence-electron chi connectivity index (χ2n) is 5.44. The summed E-state index contributed by atoms with van der Waals surface area (Å²) in [5.41, 5.74) is 0.412. The second-order valence-corrected chi connectivity index (χ2v) is 5.44. The van der Waals surface area contributed by atoms with Crippen LogP contribution >= 0.6 is 12.4 Å². The van der Waals surface area contributed by atoms with Gasteiger partial charge in [-0.05, 0) is 44.3 Å². The Hall–Kier alpha value is -0.0400. The van der Waals surface area contributed by atoms with Crippen molar-refractivity contribution in [1.82, 2.24) is 10.2 Å². The number of nitrogens with one attached hydrogen (secondary N) is 1. The van der Waals surface area contributed by atoms with E-state index in [9.17, 15) is 13.2 Å². The lowest BCUT2D eigenvalue weighted by molar-refractivity contribution is -0.174. The number of likely N-dealkylation sites (tertiary alicyclic amines) is 1. The van der Waals surface area contributed by atoms with Gasteiger partial charge < -0.3 is 15.0 Å². The molecule has 3 nitrogen and oxygen atoms in total. The normalized spacial score (nSPS) is 23.5. The van der Waals surface area contributed by atoms with Crippen LogP contribution in [0.1, 0.15) is 19.3 Å². The molecule has 7 heteroatoms. The van der Waals surface area contributed by atoms with E-state index in [4.69, 9.17) is 0 Å². The largest absolute Gasteiger partial charge is 0.411 e. The van der Waals surface area contributed by atoms with Crippen molar-refractivity contribution in [2.75, 3.05) is 45.9 Å². The molecule has 114 valence electrons. The third-order valence-corrected chi connectivity index (χ3v) is 4.00. The summed E-state index contributed by atoms with van der Waals surface area (Å²) in [6.45, 7) is 3.81. The summed E-state index contributed by atoms with van der Waals surface area (Å²) in [5, 5.41) is 3.35. The minimum Gasteiger partial charge on any atom is -0.371 e. The van der Waals surface area contributed by atoms with Crippen molar-refractivity contribution in [3.63, 3.8) is 0 Å². The molecule has 0 aromatic heterocycles. The SMILES string of the molecule is Cl.FC(F)(F)COCCN1CCC2(CCNCC2)C1. The number of ether oxygens (including phenoxy) is 1. The molecule has 2 fully saturated rings. The van der Waals surface area contributed by atoms with Gasteiger partial charge in [0, 0.05) is 13.1 Å². The van der Waals surface area contributed by atoms with Crippen molar-refractivity contribution in [3.05, 3.63) is 0 Å². The van der Waals surface area contributed by atoms with E-state index < -0.39 is 12.8 Å². The predicted molar refractivity (Wildman–Crippen MR) is 69.7 cm³/mol. The lowest BCUT2D eigenvalue weighted by Gasteiger charge is -2.33. The Kier molecular flexibility index (Phi) is 6.36. The molecule has 0 atom stereocenters. The van der Waals surface area contributed by atoms with E-state index in [0.717, 1.165) is 26.2 Å². The second kappa shape index (κ2) is 7.11. The van der Waals surface area contributed by atoms with Crippen LogP contribution in [0.5, 0.6) is 0 Å². The molecule has 0 bridgehead atoms. The Bertz CT molecular complexity index is 270. The summed E-state index contributed by atoms with van der Waals surface area (Å²) in [5.74, 6) is 0. The summed E-state index contributed by atoms with van der Waals surface area (Å²) in [7, 11) is 0. The molecular formula is C12H22ClF3N2O. The molecule has 2 aliphatic rings. The number of rotatable bonds is 4. The highest BCUT2D eigenvalue weighted by atomic mass is 35.5. The first kappa shape index (κ1) is 17.0. The van der Waals surface area contributed by atoms with Gasteiger partial charge in [-0.3, -0.25) is 0 Å². The van der Waals surface area contributed by atoms with Crippen molar-refractivity contribution in [2.24, 2.45) is 5.41 Å². The topological polar surface area (TPSA) is 24.5 Å². The molecule has 0 unspecified atom stereocenters. The summed E-state index contributed by atoms with van der Waals surface area (Å²) in [4.78, 5) is 2.24. The number of alkyl halides is 3. The fraction of sp³-hybridized carbons (Fsp3) is 1.00. The smallest absolute Gasteiger partial charge is 0.371 e. The van der Waals surface area contributed by atoms with Gasteiger partial charge in [0.1, 0.15) is 6.61 Å². The summed E-state index contributed by atoms with van der Waals surface area (Å²) in [6, 6.07) is 0. The van der Waals surface area contributed by atoms with Crippen LogP contribution in [0.25, 0.3) is 0 Å². The van der Waals surface area contributed by atoms with Crippen molar-refractivity contribution in [3.8, 4) is 0 Å². The zero-order valence-corrected chi connectivity index (χ0v) is 11.8.